The van der Waals surface area contributed by atoms with Gasteiger partial charge in [-0.1, -0.05) is 81.4 Å². The van der Waals surface area contributed by atoms with E-state index in [0.717, 1.165) is 79.4 Å². The number of esters is 1. The second kappa shape index (κ2) is 23.9. The Morgan fingerprint density at radius 2 is 1.07 bits per heavy atom. The van der Waals surface area contributed by atoms with Crippen LogP contribution in [0.5, 0.6) is 46.0 Å². The summed E-state index contributed by atoms with van der Waals surface area (Å²) in [7, 11) is 3.19. The van der Waals surface area contributed by atoms with E-state index in [1.54, 1.807) is 50.6 Å². The Balaban J connectivity index is 0.000000152. The van der Waals surface area contributed by atoms with Gasteiger partial charge in [0.1, 0.15) is 0 Å². The van der Waals surface area contributed by atoms with Gasteiger partial charge in [-0.3, -0.25) is 14.6 Å². The van der Waals surface area contributed by atoms with Crippen molar-refractivity contribution in [1.82, 2.24) is 14.7 Å². The molecule has 0 aliphatic carbocycles. The van der Waals surface area contributed by atoms with E-state index in [4.69, 9.17) is 44.8 Å². The van der Waals surface area contributed by atoms with Gasteiger partial charge in [0.15, 0.2) is 46.0 Å². The average molecular weight is 1010 g/mol. The van der Waals surface area contributed by atoms with Gasteiger partial charge in [0.25, 0.3) is 5.24 Å². The molecule has 13 nitrogen and oxygen atoms in total. The molecule has 15 heteroatoms. The molecular formula is C58H62BClN3O10. The van der Waals surface area contributed by atoms with Crippen LogP contribution >= 0.6 is 11.6 Å². The molecule has 2 atom stereocenters. The number of hydrogen-bond donors (Lipinski definition) is 1. The molecule has 3 radical (unpaired) electrons. The molecule has 73 heavy (non-hydrogen) atoms. The molecule has 6 heterocycles. The second-order valence-electron chi connectivity index (χ2n) is 18.2. The van der Waals surface area contributed by atoms with Crippen LogP contribution in [0, 0.1) is 0 Å². The van der Waals surface area contributed by atoms with Crippen LogP contribution in [0.25, 0.3) is 0 Å². The SMILES string of the molecule is CCN(CC)CC.COc1ccc2c(c1O)CN1CCc3cc4c(cc3C1C2)OCO4.COc1ccc2c(c1OC(=O)c1ccccc1)CN1CCc3cc4c(cc3C1C2)OCO4.O=C(Cl)c1ccccc1.[B]. The van der Waals surface area contributed by atoms with Crippen molar-refractivity contribution in [3.63, 3.8) is 0 Å². The van der Waals surface area contributed by atoms with E-state index in [9.17, 15) is 14.7 Å². The molecule has 1 N–H and O–H groups in total. The molecule has 12 rings (SSSR count). The molecular weight excluding hydrogens is 945 g/mol. The van der Waals surface area contributed by atoms with Crippen molar-refractivity contribution < 1.29 is 47.9 Å². The first-order valence-corrected chi connectivity index (χ1v) is 25.1. The number of nitrogens with zero attached hydrogens (tertiary/aromatic N) is 3. The van der Waals surface area contributed by atoms with Crippen LogP contribution in [-0.4, -0.2) is 100.0 Å². The topological polar surface area (TPSA) is 129 Å². The van der Waals surface area contributed by atoms with Crippen molar-refractivity contribution in [3.05, 3.63) is 165 Å². The molecule has 6 aromatic rings. The maximum absolute atomic E-state index is 12.8. The van der Waals surface area contributed by atoms with Gasteiger partial charge in [-0.15, -0.1) is 0 Å². The number of benzene rings is 6. The highest BCUT2D eigenvalue weighted by atomic mass is 35.5. The van der Waals surface area contributed by atoms with Gasteiger partial charge in [-0.2, -0.15) is 0 Å². The number of rotatable bonds is 8. The quantitative estimate of drug-likeness (QED) is 0.0673. The maximum Gasteiger partial charge on any atom is 0.343 e. The van der Waals surface area contributed by atoms with Crippen LogP contribution < -0.4 is 33.2 Å². The number of carbonyl (C=O) groups excluding carboxylic acids is 2. The first kappa shape index (κ1) is 52.6. The molecule has 0 bridgehead atoms. The van der Waals surface area contributed by atoms with Gasteiger partial charge >= 0.3 is 5.97 Å². The van der Waals surface area contributed by atoms with Gasteiger partial charge in [0.05, 0.1) is 19.8 Å². The summed E-state index contributed by atoms with van der Waals surface area (Å²) in [5, 5.41) is 10.1. The first-order valence-electron chi connectivity index (χ1n) is 24.7. The molecule has 0 saturated carbocycles. The molecule has 379 valence electrons. The van der Waals surface area contributed by atoms with Gasteiger partial charge in [0.2, 0.25) is 13.6 Å². The van der Waals surface area contributed by atoms with Crippen LogP contribution in [-0.2, 0) is 38.8 Å². The summed E-state index contributed by atoms with van der Waals surface area (Å²) >= 11 is 5.16. The van der Waals surface area contributed by atoms with Crippen LogP contribution in [0.4, 0.5) is 0 Å². The smallest absolute Gasteiger partial charge is 0.343 e. The first-order chi connectivity index (χ1) is 35.1. The minimum atomic E-state index is -0.407. The van der Waals surface area contributed by atoms with Crippen molar-refractivity contribution in [1.29, 1.82) is 0 Å². The summed E-state index contributed by atoms with van der Waals surface area (Å²) in [4.78, 5) is 30.5. The lowest BCUT2D eigenvalue weighted by atomic mass is 9.83. The van der Waals surface area contributed by atoms with Gasteiger partial charge in [0, 0.05) is 63.4 Å². The lowest BCUT2D eigenvalue weighted by molar-refractivity contribution is 0.0722. The zero-order valence-electron chi connectivity index (χ0n) is 42.2. The molecule has 0 saturated heterocycles. The number of aromatic hydroxyl groups is 1. The monoisotopic (exact) mass is 1010 g/mol. The minimum Gasteiger partial charge on any atom is -0.504 e. The van der Waals surface area contributed by atoms with E-state index >= 15 is 0 Å². The molecule has 0 amide bonds. The lowest BCUT2D eigenvalue weighted by Gasteiger charge is -2.42. The van der Waals surface area contributed by atoms with Gasteiger partial charge in [-0.05, 0) is 139 Å². The predicted molar refractivity (Wildman–Crippen MR) is 281 cm³/mol. The van der Waals surface area contributed by atoms with Crippen molar-refractivity contribution in [2.75, 3.05) is 60.5 Å². The van der Waals surface area contributed by atoms with Gasteiger partial charge < -0.3 is 43.2 Å². The van der Waals surface area contributed by atoms with E-state index in [0.29, 0.717) is 47.8 Å². The Morgan fingerprint density at radius 1 is 0.616 bits per heavy atom. The van der Waals surface area contributed by atoms with E-state index in [1.165, 1.54) is 53.0 Å². The van der Waals surface area contributed by atoms with Crippen molar-refractivity contribution >= 4 is 31.2 Å². The average Bonchev–Trinajstić information content (AvgIpc) is 4.10. The number of halogens is 1. The number of carbonyl (C=O) groups is 2. The third kappa shape index (κ3) is 11.4. The molecule has 0 fully saturated rings. The third-order valence-corrected chi connectivity index (χ3v) is 14.6. The van der Waals surface area contributed by atoms with Gasteiger partial charge in [-0.25, -0.2) is 4.79 Å². The van der Waals surface area contributed by atoms with Crippen molar-refractivity contribution in [2.24, 2.45) is 0 Å². The predicted octanol–water partition coefficient (Wildman–Crippen LogP) is 10.1. The highest BCUT2D eigenvalue weighted by Gasteiger charge is 2.37. The minimum absolute atomic E-state index is 0. The maximum atomic E-state index is 12.8. The third-order valence-electron chi connectivity index (χ3n) is 14.4. The highest BCUT2D eigenvalue weighted by molar-refractivity contribution is 6.67. The number of phenols is 1. The fourth-order valence-electron chi connectivity index (χ4n) is 10.4. The Bertz CT molecular complexity index is 2900. The highest BCUT2D eigenvalue weighted by Crippen LogP contribution is 2.48. The molecule has 6 aliphatic heterocycles. The van der Waals surface area contributed by atoms with Crippen LogP contribution in [0.15, 0.2) is 109 Å². The number of methoxy groups -OCH3 is 2. The van der Waals surface area contributed by atoms with E-state index in [2.05, 4.69) is 71.9 Å². The van der Waals surface area contributed by atoms with E-state index in [-0.39, 0.29) is 33.0 Å². The fourth-order valence-corrected chi connectivity index (χ4v) is 10.5. The van der Waals surface area contributed by atoms with E-state index < -0.39 is 5.24 Å². The lowest BCUT2D eigenvalue weighted by Crippen LogP contribution is -2.39. The molecule has 0 spiro atoms. The van der Waals surface area contributed by atoms with Crippen molar-refractivity contribution in [3.8, 4) is 46.0 Å². The number of fused-ring (bicyclic) bond motifs is 10. The van der Waals surface area contributed by atoms with Crippen molar-refractivity contribution in [2.45, 2.75) is 71.6 Å². The normalized spacial score (nSPS) is 17.0. The largest absolute Gasteiger partial charge is 0.504 e. The number of phenolic OH excluding ortho intramolecular Hbond substituents is 1. The zero-order valence-corrected chi connectivity index (χ0v) is 42.9. The zero-order chi connectivity index (χ0) is 50.3. The Kier molecular flexibility index (Phi) is 17.2. The summed E-state index contributed by atoms with van der Waals surface area (Å²) in [6.45, 7) is 14.1. The summed E-state index contributed by atoms with van der Waals surface area (Å²) in [5.41, 5.74) is 10.7. The van der Waals surface area contributed by atoms with E-state index in [1.807, 2.05) is 36.4 Å². The number of ether oxygens (including phenoxy) is 7. The van der Waals surface area contributed by atoms with Crippen LogP contribution in [0.1, 0.15) is 98.1 Å². The Labute approximate surface area is 435 Å². The standard InChI is InChI=1S/C26H23NO5.C19H19NO4.C7H5ClO.C6H15N.B/c1-29-22-8-7-17-11-21-19-13-24-23(30-15-31-24)12-18(19)9-10-27(21)14-20(17)25(22)32-26(28)16-5-3-2-4-6-16;1-22-16-3-2-11-6-15-13-8-18-17(23-10-24-18)7-12(13)4-5-20(15)9-14(11)19(16)21;8-7(9)6-4-2-1-3-5-6;1-4-7(5-2)6-3;/h2-8,12-13,21H,9-11,14-15H2,1H3;2-3,7-8,15,21H,4-6,9-10H2,1H3;1-5H;4-6H2,1-3H3;. The summed E-state index contributed by atoms with van der Waals surface area (Å²) in [6.07, 6.45) is 3.66. The van der Waals surface area contributed by atoms with Crippen LogP contribution in [0.2, 0.25) is 0 Å². The molecule has 0 aromatic heterocycles. The Morgan fingerprint density at radius 3 is 1.52 bits per heavy atom. The molecule has 2 unspecified atom stereocenters. The molecule has 6 aromatic carbocycles. The second-order valence-corrected chi connectivity index (χ2v) is 18.5. The summed E-state index contributed by atoms with van der Waals surface area (Å²) < 4.78 is 39.0. The molecule has 6 aliphatic rings. The number of hydrogen-bond acceptors (Lipinski definition) is 13. The summed E-state index contributed by atoms with van der Waals surface area (Å²) in [5.74, 6) is 4.92. The Hall–Kier alpha value is -6.71. The summed E-state index contributed by atoms with van der Waals surface area (Å²) in [6, 6.07) is 34.8. The van der Waals surface area contributed by atoms with Crippen LogP contribution in [0.3, 0.4) is 0 Å². The fraction of sp³-hybridized carbons (Fsp3) is 0.345.